The highest BCUT2D eigenvalue weighted by atomic mass is 32.2. The average molecular weight is 295 g/mol. The third kappa shape index (κ3) is 4.60. The number of methoxy groups -OCH3 is 1. The SMILES string of the molecule is COc1ccc(CCCCN)cc1OC1CCCSC1. The van der Waals surface area contributed by atoms with Crippen LogP contribution in [-0.2, 0) is 6.42 Å². The molecule has 3 nitrogen and oxygen atoms in total. The Hall–Kier alpha value is -0.870. The number of nitrogens with two attached hydrogens (primary N) is 1. The van der Waals surface area contributed by atoms with Crippen LogP contribution in [-0.4, -0.2) is 31.3 Å². The second-order valence-corrected chi connectivity index (χ2v) is 6.34. The van der Waals surface area contributed by atoms with Crippen molar-refractivity contribution in [2.24, 2.45) is 5.73 Å². The Morgan fingerprint density at radius 1 is 1.30 bits per heavy atom. The first-order chi connectivity index (χ1) is 9.83. The quantitative estimate of drug-likeness (QED) is 0.784. The van der Waals surface area contributed by atoms with Crippen LogP contribution in [0.5, 0.6) is 11.5 Å². The second kappa shape index (κ2) is 8.42. The predicted octanol–water partition coefficient (Wildman–Crippen LogP) is 3.25. The van der Waals surface area contributed by atoms with Crippen LogP contribution in [0, 0.1) is 0 Å². The van der Waals surface area contributed by atoms with Gasteiger partial charge in [-0.1, -0.05) is 6.07 Å². The molecule has 112 valence electrons. The van der Waals surface area contributed by atoms with Crippen LogP contribution >= 0.6 is 11.8 Å². The van der Waals surface area contributed by atoms with Gasteiger partial charge in [0.15, 0.2) is 11.5 Å². The molecular formula is C16H25NO2S. The topological polar surface area (TPSA) is 44.5 Å². The maximum absolute atomic E-state index is 6.15. The van der Waals surface area contributed by atoms with Crippen molar-refractivity contribution in [2.45, 2.75) is 38.2 Å². The first kappa shape index (κ1) is 15.5. The molecule has 2 rings (SSSR count). The van der Waals surface area contributed by atoms with E-state index in [0.29, 0.717) is 6.10 Å². The van der Waals surface area contributed by atoms with Crippen molar-refractivity contribution in [1.82, 2.24) is 0 Å². The molecule has 4 heteroatoms. The summed E-state index contributed by atoms with van der Waals surface area (Å²) in [7, 11) is 1.70. The van der Waals surface area contributed by atoms with E-state index in [-0.39, 0.29) is 0 Å². The first-order valence-electron chi connectivity index (χ1n) is 7.45. The maximum atomic E-state index is 6.15. The molecule has 1 atom stereocenters. The molecule has 0 bridgehead atoms. The van der Waals surface area contributed by atoms with E-state index in [4.69, 9.17) is 15.2 Å². The van der Waals surface area contributed by atoms with Gasteiger partial charge in [-0.2, -0.15) is 11.8 Å². The Labute approximate surface area is 126 Å². The summed E-state index contributed by atoms with van der Waals surface area (Å²) >= 11 is 1.98. The maximum Gasteiger partial charge on any atom is 0.161 e. The van der Waals surface area contributed by atoms with Gasteiger partial charge in [-0.05, 0) is 62.1 Å². The standard InChI is InChI=1S/C16H25NO2S/c1-18-15-8-7-13(5-2-3-9-17)11-16(15)19-14-6-4-10-20-12-14/h7-8,11,14H,2-6,9-10,12,17H2,1H3. The third-order valence-electron chi connectivity index (χ3n) is 3.56. The van der Waals surface area contributed by atoms with Crippen LogP contribution in [0.1, 0.15) is 31.2 Å². The summed E-state index contributed by atoms with van der Waals surface area (Å²) in [5.41, 5.74) is 6.85. The fourth-order valence-electron chi connectivity index (χ4n) is 2.43. The molecule has 1 saturated heterocycles. The molecule has 1 aliphatic rings. The van der Waals surface area contributed by atoms with Crippen molar-refractivity contribution in [2.75, 3.05) is 25.2 Å². The van der Waals surface area contributed by atoms with Crippen LogP contribution in [0.4, 0.5) is 0 Å². The molecular weight excluding hydrogens is 270 g/mol. The van der Waals surface area contributed by atoms with Crippen molar-refractivity contribution in [3.63, 3.8) is 0 Å². The number of benzene rings is 1. The van der Waals surface area contributed by atoms with Gasteiger partial charge in [0.1, 0.15) is 6.10 Å². The first-order valence-corrected chi connectivity index (χ1v) is 8.60. The number of unbranched alkanes of at least 4 members (excludes halogenated alkanes) is 1. The monoisotopic (exact) mass is 295 g/mol. The van der Waals surface area contributed by atoms with Crippen LogP contribution in [0.3, 0.4) is 0 Å². The lowest BCUT2D eigenvalue weighted by Gasteiger charge is -2.24. The van der Waals surface area contributed by atoms with Crippen molar-refractivity contribution >= 4 is 11.8 Å². The minimum atomic E-state index is 0.321. The van der Waals surface area contributed by atoms with E-state index >= 15 is 0 Å². The average Bonchev–Trinajstić information content (AvgIpc) is 2.49. The highest BCUT2D eigenvalue weighted by Crippen LogP contribution is 2.31. The zero-order chi connectivity index (χ0) is 14.2. The molecule has 0 radical (unpaired) electrons. The lowest BCUT2D eigenvalue weighted by atomic mass is 10.1. The number of hydrogen-bond donors (Lipinski definition) is 1. The van der Waals surface area contributed by atoms with E-state index in [0.717, 1.165) is 49.5 Å². The minimum absolute atomic E-state index is 0.321. The minimum Gasteiger partial charge on any atom is -0.493 e. The Morgan fingerprint density at radius 3 is 2.90 bits per heavy atom. The van der Waals surface area contributed by atoms with Gasteiger partial charge >= 0.3 is 0 Å². The van der Waals surface area contributed by atoms with Gasteiger partial charge in [-0.3, -0.25) is 0 Å². The lowest BCUT2D eigenvalue weighted by molar-refractivity contribution is 0.202. The van der Waals surface area contributed by atoms with Crippen LogP contribution in [0.15, 0.2) is 18.2 Å². The van der Waals surface area contributed by atoms with Crippen LogP contribution in [0.25, 0.3) is 0 Å². The highest BCUT2D eigenvalue weighted by molar-refractivity contribution is 7.99. The normalized spacial score (nSPS) is 18.8. The van der Waals surface area contributed by atoms with E-state index in [1.165, 1.54) is 17.7 Å². The number of rotatable bonds is 7. The summed E-state index contributed by atoms with van der Waals surface area (Å²) in [5, 5.41) is 0. The van der Waals surface area contributed by atoms with Gasteiger partial charge in [0.05, 0.1) is 7.11 Å². The molecule has 1 fully saturated rings. The molecule has 0 amide bonds. The molecule has 0 aromatic heterocycles. The van der Waals surface area contributed by atoms with E-state index < -0.39 is 0 Å². The molecule has 0 spiro atoms. The largest absolute Gasteiger partial charge is 0.493 e. The zero-order valence-corrected chi connectivity index (χ0v) is 13.1. The fraction of sp³-hybridized carbons (Fsp3) is 0.625. The van der Waals surface area contributed by atoms with E-state index in [9.17, 15) is 0 Å². The Bertz CT molecular complexity index is 405. The van der Waals surface area contributed by atoms with Gasteiger partial charge in [-0.25, -0.2) is 0 Å². The second-order valence-electron chi connectivity index (χ2n) is 5.19. The lowest BCUT2D eigenvalue weighted by Crippen LogP contribution is -2.23. The summed E-state index contributed by atoms with van der Waals surface area (Å²) < 4.78 is 11.6. The van der Waals surface area contributed by atoms with Gasteiger partial charge in [0.2, 0.25) is 0 Å². The van der Waals surface area contributed by atoms with E-state index in [1.54, 1.807) is 7.11 Å². The van der Waals surface area contributed by atoms with Crippen molar-refractivity contribution < 1.29 is 9.47 Å². The third-order valence-corrected chi connectivity index (χ3v) is 4.74. The van der Waals surface area contributed by atoms with E-state index in [1.807, 2.05) is 17.8 Å². The molecule has 1 aliphatic heterocycles. The van der Waals surface area contributed by atoms with Gasteiger partial charge in [0.25, 0.3) is 0 Å². The summed E-state index contributed by atoms with van der Waals surface area (Å²) in [6.07, 6.45) is 5.96. The Kier molecular flexibility index (Phi) is 6.54. The van der Waals surface area contributed by atoms with Crippen molar-refractivity contribution in [3.8, 4) is 11.5 Å². The molecule has 0 aliphatic carbocycles. The summed E-state index contributed by atoms with van der Waals surface area (Å²) in [4.78, 5) is 0. The summed E-state index contributed by atoms with van der Waals surface area (Å²) in [6.45, 7) is 0.763. The Morgan fingerprint density at radius 2 is 2.20 bits per heavy atom. The smallest absolute Gasteiger partial charge is 0.161 e. The fourth-order valence-corrected chi connectivity index (χ4v) is 3.46. The van der Waals surface area contributed by atoms with Gasteiger partial charge < -0.3 is 15.2 Å². The zero-order valence-electron chi connectivity index (χ0n) is 12.3. The molecule has 20 heavy (non-hydrogen) atoms. The number of thioether (sulfide) groups is 1. The van der Waals surface area contributed by atoms with Gasteiger partial charge in [-0.15, -0.1) is 0 Å². The molecule has 1 unspecified atom stereocenters. The molecule has 2 N–H and O–H groups in total. The van der Waals surface area contributed by atoms with Crippen molar-refractivity contribution in [3.05, 3.63) is 23.8 Å². The summed E-state index contributed by atoms with van der Waals surface area (Å²) in [5.74, 6) is 4.07. The molecule has 1 aromatic carbocycles. The predicted molar refractivity (Wildman–Crippen MR) is 86.0 cm³/mol. The van der Waals surface area contributed by atoms with Crippen LogP contribution in [0.2, 0.25) is 0 Å². The molecule has 1 aromatic rings. The molecule has 1 heterocycles. The molecule has 0 saturated carbocycles. The van der Waals surface area contributed by atoms with E-state index in [2.05, 4.69) is 12.1 Å². The highest BCUT2D eigenvalue weighted by Gasteiger charge is 2.17. The van der Waals surface area contributed by atoms with Crippen LogP contribution < -0.4 is 15.2 Å². The number of aryl methyl sites for hydroxylation is 1. The van der Waals surface area contributed by atoms with Crippen molar-refractivity contribution in [1.29, 1.82) is 0 Å². The number of hydrogen-bond acceptors (Lipinski definition) is 4. The number of ether oxygens (including phenoxy) is 2. The Balaban J connectivity index is 2.01. The summed E-state index contributed by atoms with van der Waals surface area (Å²) in [6, 6.07) is 6.27. The van der Waals surface area contributed by atoms with Gasteiger partial charge in [0, 0.05) is 5.75 Å².